The fourth-order valence-corrected chi connectivity index (χ4v) is 2.32. The second-order valence-electron chi connectivity index (χ2n) is 5.52. The van der Waals surface area contributed by atoms with Gasteiger partial charge in [0.05, 0.1) is 18.7 Å². The minimum Gasteiger partial charge on any atom is -0.301 e. The van der Waals surface area contributed by atoms with Crippen molar-refractivity contribution in [1.29, 1.82) is 5.26 Å². The minimum absolute atomic E-state index is 0.191. The van der Waals surface area contributed by atoms with E-state index in [2.05, 4.69) is 16.3 Å². The lowest BCUT2D eigenvalue weighted by Crippen LogP contribution is -2.50. The predicted octanol–water partition coefficient (Wildman–Crippen LogP) is 1.45. The van der Waals surface area contributed by atoms with Crippen molar-refractivity contribution in [2.45, 2.75) is 38.5 Å². The molecule has 7 heteroatoms. The van der Waals surface area contributed by atoms with Gasteiger partial charge in [0, 0.05) is 38.8 Å². The molecule has 1 heterocycles. The van der Waals surface area contributed by atoms with Crippen LogP contribution in [0.4, 0.5) is 13.2 Å². The van der Waals surface area contributed by atoms with E-state index in [1.54, 1.807) is 0 Å². The van der Waals surface area contributed by atoms with Gasteiger partial charge in [-0.2, -0.15) is 18.4 Å². The summed E-state index contributed by atoms with van der Waals surface area (Å²) in [6.45, 7) is 6.05. The van der Waals surface area contributed by atoms with Gasteiger partial charge in [-0.25, -0.2) is 0 Å². The van der Waals surface area contributed by atoms with Crippen molar-refractivity contribution >= 4 is 0 Å². The lowest BCUT2D eigenvalue weighted by molar-refractivity contribution is -0.149. The third-order valence-electron chi connectivity index (χ3n) is 3.29. The Bertz CT molecular complexity index is 317. The fraction of sp³-hybridized carbons (Fsp3) is 0.923. The van der Waals surface area contributed by atoms with E-state index in [0.717, 1.165) is 6.54 Å². The number of nitrogens with one attached hydrogen (secondary N) is 1. The normalized spacial score (nSPS) is 20.1. The predicted molar refractivity (Wildman–Crippen MR) is 71.2 cm³/mol. The highest BCUT2D eigenvalue weighted by Gasteiger charge is 2.32. The minimum atomic E-state index is -4.12. The molecule has 0 aliphatic carbocycles. The maximum absolute atomic E-state index is 12.3. The first-order valence-corrected chi connectivity index (χ1v) is 6.97. The molecule has 0 radical (unpaired) electrons. The summed E-state index contributed by atoms with van der Waals surface area (Å²) in [5.74, 6) is 0. The van der Waals surface area contributed by atoms with E-state index < -0.39 is 12.7 Å². The van der Waals surface area contributed by atoms with Gasteiger partial charge in [0.2, 0.25) is 0 Å². The molecule has 0 aromatic heterocycles. The lowest BCUT2D eigenvalue weighted by atomic mass is 10.2. The Morgan fingerprint density at radius 2 is 1.70 bits per heavy atom. The van der Waals surface area contributed by atoms with Crippen LogP contribution in [-0.2, 0) is 0 Å². The number of rotatable bonds is 6. The smallest absolute Gasteiger partial charge is 0.301 e. The second-order valence-corrected chi connectivity index (χ2v) is 5.52. The van der Waals surface area contributed by atoms with Gasteiger partial charge < -0.3 is 4.90 Å². The number of piperazine rings is 1. The summed E-state index contributed by atoms with van der Waals surface area (Å²) in [5, 5.41) is 12.2. The van der Waals surface area contributed by atoms with Gasteiger partial charge in [-0.1, -0.05) is 0 Å². The van der Waals surface area contributed by atoms with E-state index >= 15 is 0 Å². The molecule has 1 aliphatic rings. The van der Waals surface area contributed by atoms with Crippen LogP contribution in [0, 0.1) is 11.3 Å². The molecule has 1 saturated heterocycles. The molecular weight excluding hydrogens is 269 g/mol. The molecule has 20 heavy (non-hydrogen) atoms. The molecule has 0 aromatic rings. The highest BCUT2D eigenvalue weighted by Crippen LogP contribution is 2.17. The van der Waals surface area contributed by atoms with E-state index in [4.69, 9.17) is 5.26 Å². The Morgan fingerprint density at radius 3 is 2.15 bits per heavy atom. The summed E-state index contributed by atoms with van der Waals surface area (Å²) in [5.41, 5.74) is 0. The van der Waals surface area contributed by atoms with Crippen molar-refractivity contribution in [3.05, 3.63) is 0 Å². The largest absolute Gasteiger partial charge is 0.401 e. The van der Waals surface area contributed by atoms with Gasteiger partial charge in [-0.05, 0) is 20.3 Å². The van der Waals surface area contributed by atoms with Crippen LogP contribution in [0.5, 0.6) is 0 Å². The van der Waals surface area contributed by atoms with E-state index in [1.807, 2.05) is 13.8 Å². The van der Waals surface area contributed by atoms with Crippen molar-refractivity contribution in [1.82, 2.24) is 15.1 Å². The average Bonchev–Trinajstić information content (AvgIpc) is 2.34. The SMILES string of the molecule is CC(C)NC(C#N)CCN1CCN(CC(F)(F)F)CC1. The zero-order valence-electron chi connectivity index (χ0n) is 12.1. The van der Waals surface area contributed by atoms with E-state index in [1.165, 1.54) is 4.90 Å². The first kappa shape index (κ1) is 17.2. The van der Waals surface area contributed by atoms with Gasteiger partial charge in [-0.15, -0.1) is 0 Å². The topological polar surface area (TPSA) is 42.3 Å². The van der Waals surface area contributed by atoms with Crippen LogP contribution in [0.2, 0.25) is 0 Å². The van der Waals surface area contributed by atoms with Crippen LogP contribution in [0.1, 0.15) is 20.3 Å². The number of alkyl halides is 3. The molecule has 4 nitrogen and oxygen atoms in total. The zero-order chi connectivity index (χ0) is 15.2. The Labute approximate surface area is 118 Å². The molecule has 0 bridgehead atoms. The molecule has 1 atom stereocenters. The van der Waals surface area contributed by atoms with E-state index in [9.17, 15) is 13.2 Å². The van der Waals surface area contributed by atoms with Crippen molar-refractivity contribution < 1.29 is 13.2 Å². The van der Waals surface area contributed by atoms with E-state index in [0.29, 0.717) is 32.6 Å². The van der Waals surface area contributed by atoms with Crippen LogP contribution >= 0.6 is 0 Å². The highest BCUT2D eigenvalue weighted by molar-refractivity contribution is 4.91. The molecule has 0 amide bonds. The van der Waals surface area contributed by atoms with Gasteiger partial charge in [-0.3, -0.25) is 10.2 Å². The molecule has 1 aliphatic heterocycles. The van der Waals surface area contributed by atoms with E-state index in [-0.39, 0.29) is 12.1 Å². The molecule has 116 valence electrons. The summed E-state index contributed by atoms with van der Waals surface area (Å²) in [7, 11) is 0. The number of nitrogens with zero attached hydrogens (tertiary/aromatic N) is 3. The number of halogens is 3. The van der Waals surface area contributed by atoms with Gasteiger partial charge in [0.25, 0.3) is 0 Å². The fourth-order valence-electron chi connectivity index (χ4n) is 2.32. The lowest BCUT2D eigenvalue weighted by Gasteiger charge is -2.35. The third-order valence-corrected chi connectivity index (χ3v) is 3.29. The molecule has 0 aromatic carbocycles. The van der Waals surface area contributed by atoms with Crippen molar-refractivity contribution in [3.8, 4) is 6.07 Å². The summed E-state index contributed by atoms with van der Waals surface area (Å²) < 4.78 is 36.8. The molecule has 1 rings (SSSR count). The van der Waals surface area contributed by atoms with Crippen molar-refractivity contribution in [2.75, 3.05) is 39.3 Å². The van der Waals surface area contributed by atoms with Gasteiger partial charge >= 0.3 is 6.18 Å². The Hall–Kier alpha value is -0.840. The van der Waals surface area contributed by atoms with Crippen LogP contribution in [-0.4, -0.2) is 67.3 Å². The van der Waals surface area contributed by atoms with Crippen LogP contribution in [0.3, 0.4) is 0 Å². The standard InChI is InChI=1S/C13H23F3N4/c1-11(2)18-12(9-17)3-4-19-5-7-20(8-6-19)10-13(14,15)16/h11-12,18H,3-8,10H2,1-2H3. The molecular formula is C13H23F3N4. The molecule has 1 fully saturated rings. The number of nitriles is 1. The molecule has 1 N–H and O–H groups in total. The second kappa shape index (κ2) is 7.81. The van der Waals surface area contributed by atoms with Crippen LogP contribution in [0.25, 0.3) is 0 Å². The number of hydrogen-bond acceptors (Lipinski definition) is 4. The Kier molecular flexibility index (Phi) is 6.72. The zero-order valence-corrected chi connectivity index (χ0v) is 12.1. The average molecular weight is 292 g/mol. The summed E-state index contributed by atoms with van der Waals surface area (Å²) in [4.78, 5) is 3.56. The first-order chi connectivity index (χ1) is 9.30. The third kappa shape index (κ3) is 7.08. The van der Waals surface area contributed by atoms with Gasteiger partial charge in [0.15, 0.2) is 0 Å². The maximum atomic E-state index is 12.3. The quantitative estimate of drug-likeness (QED) is 0.804. The Balaban J connectivity index is 2.24. The summed E-state index contributed by atoms with van der Waals surface area (Å²) >= 11 is 0. The summed E-state index contributed by atoms with van der Waals surface area (Å²) in [6, 6.07) is 2.28. The first-order valence-electron chi connectivity index (χ1n) is 6.97. The molecule has 1 unspecified atom stereocenters. The summed E-state index contributed by atoms with van der Waals surface area (Å²) in [6.07, 6.45) is -3.41. The van der Waals surface area contributed by atoms with Crippen LogP contribution in [0.15, 0.2) is 0 Å². The Morgan fingerprint density at radius 1 is 1.15 bits per heavy atom. The van der Waals surface area contributed by atoms with Crippen molar-refractivity contribution in [3.63, 3.8) is 0 Å². The molecule has 0 spiro atoms. The number of hydrogen-bond donors (Lipinski definition) is 1. The maximum Gasteiger partial charge on any atom is 0.401 e. The monoisotopic (exact) mass is 292 g/mol. The van der Waals surface area contributed by atoms with Crippen LogP contribution < -0.4 is 5.32 Å². The van der Waals surface area contributed by atoms with Crippen molar-refractivity contribution in [2.24, 2.45) is 0 Å². The molecule has 0 saturated carbocycles. The highest BCUT2D eigenvalue weighted by atomic mass is 19.4. The van der Waals surface area contributed by atoms with Gasteiger partial charge in [0.1, 0.15) is 0 Å².